The molecule has 21 heavy (non-hydrogen) atoms. The van der Waals surface area contributed by atoms with Crippen molar-refractivity contribution in [3.05, 3.63) is 40.8 Å². The van der Waals surface area contributed by atoms with Crippen LogP contribution in [-0.2, 0) is 11.4 Å². The van der Waals surface area contributed by atoms with Gasteiger partial charge in [0, 0.05) is 5.56 Å². The van der Waals surface area contributed by atoms with Crippen LogP contribution in [0.1, 0.15) is 22.6 Å². The summed E-state index contributed by atoms with van der Waals surface area (Å²) in [5.41, 5.74) is 2.58. The van der Waals surface area contributed by atoms with E-state index in [0.29, 0.717) is 18.1 Å². The molecule has 0 aliphatic heterocycles. The smallest absolute Gasteiger partial charge is 0.161 e. The Morgan fingerprint density at radius 1 is 1.19 bits per heavy atom. The molecule has 0 saturated carbocycles. The van der Waals surface area contributed by atoms with Crippen LogP contribution in [0.5, 0.6) is 11.5 Å². The summed E-state index contributed by atoms with van der Waals surface area (Å²) in [4.78, 5) is 5.27. The normalized spacial score (nSPS) is 10.9. The minimum atomic E-state index is 0.324. The van der Waals surface area contributed by atoms with Gasteiger partial charge in [0.1, 0.15) is 12.4 Å². The van der Waals surface area contributed by atoms with Gasteiger partial charge in [0.25, 0.3) is 0 Å². The van der Waals surface area contributed by atoms with E-state index in [1.807, 2.05) is 32.0 Å². The first-order chi connectivity index (χ1) is 10.2. The van der Waals surface area contributed by atoms with E-state index < -0.39 is 0 Å². The number of aryl methyl sites for hydroxylation is 2. The van der Waals surface area contributed by atoms with Crippen LogP contribution in [-0.4, -0.2) is 25.6 Å². The molecule has 0 radical (unpaired) electrons. The van der Waals surface area contributed by atoms with Crippen molar-refractivity contribution in [2.75, 3.05) is 14.2 Å². The van der Waals surface area contributed by atoms with Gasteiger partial charge in [0.05, 0.1) is 31.7 Å². The lowest BCUT2D eigenvalue weighted by atomic mass is 10.2. The number of oxime groups is 1. The first-order valence-electron chi connectivity index (χ1n) is 6.44. The van der Waals surface area contributed by atoms with Gasteiger partial charge >= 0.3 is 0 Å². The summed E-state index contributed by atoms with van der Waals surface area (Å²) in [7, 11) is 3.19. The van der Waals surface area contributed by atoms with Crippen molar-refractivity contribution in [1.82, 2.24) is 5.16 Å². The number of ether oxygens (including phenoxy) is 2. The zero-order valence-electron chi connectivity index (χ0n) is 12.5. The Kier molecular flexibility index (Phi) is 4.81. The van der Waals surface area contributed by atoms with E-state index >= 15 is 0 Å². The third kappa shape index (κ3) is 3.53. The van der Waals surface area contributed by atoms with Crippen LogP contribution >= 0.6 is 0 Å². The molecule has 0 N–H and O–H groups in total. The van der Waals surface area contributed by atoms with E-state index in [1.165, 1.54) is 0 Å². The lowest BCUT2D eigenvalue weighted by molar-refractivity contribution is 0.130. The SMILES string of the molecule is COc1ccc(/C=N/OCc2c(C)noc2C)cc1OC. The standard InChI is InChI=1S/C15H18N2O4/c1-10-13(11(2)21-17-10)9-20-16-8-12-5-6-14(18-3)15(7-12)19-4/h5-8H,9H2,1-4H3/b16-8+. The minimum Gasteiger partial charge on any atom is -0.493 e. The summed E-state index contributed by atoms with van der Waals surface area (Å²) >= 11 is 0. The molecule has 0 atom stereocenters. The molecule has 0 unspecified atom stereocenters. The maximum absolute atomic E-state index is 5.27. The lowest BCUT2D eigenvalue weighted by Crippen LogP contribution is -1.93. The monoisotopic (exact) mass is 290 g/mol. The summed E-state index contributed by atoms with van der Waals surface area (Å²) in [6.45, 7) is 4.04. The van der Waals surface area contributed by atoms with Crippen LogP contribution in [0, 0.1) is 13.8 Å². The molecule has 0 amide bonds. The number of hydrogen-bond donors (Lipinski definition) is 0. The average molecular weight is 290 g/mol. The second-order valence-corrected chi connectivity index (χ2v) is 4.43. The number of hydrogen-bond acceptors (Lipinski definition) is 6. The third-order valence-corrected chi connectivity index (χ3v) is 3.07. The van der Waals surface area contributed by atoms with Gasteiger partial charge in [-0.3, -0.25) is 0 Å². The van der Waals surface area contributed by atoms with Gasteiger partial charge in [0.15, 0.2) is 11.5 Å². The summed E-state index contributed by atoms with van der Waals surface area (Å²) in [5, 5.41) is 7.80. The second-order valence-electron chi connectivity index (χ2n) is 4.43. The van der Waals surface area contributed by atoms with Crippen molar-refractivity contribution in [3.63, 3.8) is 0 Å². The Morgan fingerprint density at radius 3 is 2.57 bits per heavy atom. The van der Waals surface area contributed by atoms with E-state index in [9.17, 15) is 0 Å². The highest BCUT2D eigenvalue weighted by atomic mass is 16.6. The van der Waals surface area contributed by atoms with Crippen LogP contribution in [0.4, 0.5) is 0 Å². The molecule has 1 aromatic heterocycles. The van der Waals surface area contributed by atoms with Crippen LogP contribution in [0.15, 0.2) is 27.9 Å². The van der Waals surface area contributed by atoms with Crippen LogP contribution in [0.3, 0.4) is 0 Å². The average Bonchev–Trinajstić information content (AvgIpc) is 2.82. The number of benzene rings is 1. The zero-order chi connectivity index (χ0) is 15.2. The Labute approximate surface area is 123 Å². The van der Waals surface area contributed by atoms with Gasteiger partial charge in [-0.2, -0.15) is 0 Å². The molecule has 6 nitrogen and oxygen atoms in total. The van der Waals surface area contributed by atoms with Crippen LogP contribution < -0.4 is 9.47 Å². The summed E-state index contributed by atoms with van der Waals surface area (Å²) in [6, 6.07) is 5.50. The summed E-state index contributed by atoms with van der Waals surface area (Å²) in [5.74, 6) is 2.06. The number of aromatic nitrogens is 1. The van der Waals surface area contributed by atoms with Crippen molar-refractivity contribution < 1.29 is 18.8 Å². The predicted molar refractivity (Wildman–Crippen MR) is 77.9 cm³/mol. The van der Waals surface area contributed by atoms with Crippen molar-refractivity contribution in [2.24, 2.45) is 5.16 Å². The van der Waals surface area contributed by atoms with Gasteiger partial charge in [-0.15, -0.1) is 0 Å². The third-order valence-electron chi connectivity index (χ3n) is 3.07. The lowest BCUT2D eigenvalue weighted by Gasteiger charge is -2.07. The molecule has 0 spiro atoms. The Bertz CT molecular complexity index is 615. The fourth-order valence-corrected chi connectivity index (χ4v) is 1.84. The molecule has 1 aromatic carbocycles. The molecule has 1 heterocycles. The number of methoxy groups -OCH3 is 2. The molecule has 0 saturated heterocycles. The topological polar surface area (TPSA) is 66.1 Å². The maximum Gasteiger partial charge on any atom is 0.161 e. The van der Waals surface area contributed by atoms with Gasteiger partial charge in [-0.1, -0.05) is 10.3 Å². The quantitative estimate of drug-likeness (QED) is 0.604. The molecule has 2 aromatic rings. The van der Waals surface area contributed by atoms with Gasteiger partial charge in [-0.05, 0) is 32.0 Å². The van der Waals surface area contributed by atoms with Gasteiger partial charge in [0.2, 0.25) is 0 Å². The molecule has 0 fully saturated rings. The molecular weight excluding hydrogens is 272 g/mol. The van der Waals surface area contributed by atoms with Crippen molar-refractivity contribution in [3.8, 4) is 11.5 Å². The minimum absolute atomic E-state index is 0.324. The highest BCUT2D eigenvalue weighted by molar-refractivity contribution is 5.80. The Morgan fingerprint density at radius 2 is 1.95 bits per heavy atom. The van der Waals surface area contributed by atoms with Crippen LogP contribution in [0.25, 0.3) is 0 Å². The van der Waals surface area contributed by atoms with E-state index in [2.05, 4.69) is 10.3 Å². The van der Waals surface area contributed by atoms with E-state index in [-0.39, 0.29) is 0 Å². The van der Waals surface area contributed by atoms with E-state index in [0.717, 1.165) is 22.6 Å². The predicted octanol–water partition coefficient (Wildman–Crippen LogP) is 2.86. The van der Waals surface area contributed by atoms with Gasteiger partial charge in [-0.25, -0.2) is 0 Å². The van der Waals surface area contributed by atoms with E-state index in [4.69, 9.17) is 18.8 Å². The molecule has 6 heteroatoms. The largest absolute Gasteiger partial charge is 0.493 e. The van der Waals surface area contributed by atoms with Crippen molar-refractivity contribution >= 4 is 6.21 Å². The molecule has 0 aliphatic carbocycles. The fraction of sp³-hybridized carbons (Fsp3) is 0.333. The second kappa shape index (κ2) is 6.78. The number of nitrogens with zero attached hydrogens (tertiary/aromatic N) is 2. The Hall–Kier alpha value is -2.50. The Balaban J connectivity index is 1.98. The number of rotatable bonds is 6. The summed E-state index contributed by atoms with van der Waals surface area (Å²) in [6.07, 6.45) is 1.61. The molecule has 0 bridgehead atoms. The molecule has 2 rings (SSSR count). The molecular formula is C15H18N2O4. The van der Waals surface area contributed by atoms with Crippen molar-refractivity contribution in [2.45, 2.75) is 20.5 Å². The maximum atomic E-state index is 5.27. The molecule has 112 valence electrons. The zero-order valence-corrected chi connectivity index (χ0v) is 12.5. The first-order valence-corrected chi connectivity index (χ1v) is 6.44. The van der Waals surface area contributed by atoms with Crippen molar-refractivity contribution in [1.29, 1.82) is 0 Å². The van der Waals surface area contributed by atoms with Crippen LogP contribution in [0.2, 0.25) is 0 Å². The first kappa shape index (κ1) is 14.9. The summed E-state index contributed by atoms with van der Waals surface area (Å²) < 4.78 is 15.5. The van der Waals surface area contributed by atoms with E-state index in [1.54, 1.807) is 20.4 Å². The fourth-order valence-electron chi connectivity index (χ4n) is 1.84. The van der Waals surface area contributed by atoms with Gasteiger partial charge < -0.3 is 18.8 Å². The highest BCUT2D eigenvalue weighted by Crippen LogP contribution is 2.26. The highest BCUT2D eigenvalue weighted by Gasteiger charge is 2.08. The molecule has 0 aliphatic rings.